The third-order valence-electron chi connectivity index (χ3n) is 5.99. The number of nitrogens with zero attached hydrogens (tertiary/aromatic N) is 2. The predicted octanol–water partition coefficient (Wildman–Crippen LogP) is 4.36. The van der Waals surface area contributed by atoms with Crippen LogP contribution in [0, 0.1) is 5.92 Å². The molecule has 1 saturated heterocycles. The van der Waals surface area contributed by atoms with Gasteiger partial charge in [0.15, 0.2) is 0 Å². The number of anilines is 1. The summed E-state index contributed by atoms with van der Waals surface area (Å²) in [4.78, 5) is 15.1. The van der Waals surface area contributed by atoms with Gasteiger partial charge in [0.25, 0.3) is 10.0 Å². The number of rotatable bonds is 7. The molecule has 0 N–H and O–H groups in total. The summed E-state index contributed by atoms with van der Waals surface area (Å²) in [5, 5.41) is 0. The first-order valence-electron chi connectivity index (χ1n) is 11.0. The van der Waals surface area contributed by atoms with Crippen molar-refractivity contribution in [2.24, 2.45) is 5.92 Å². The molecule has 0 aromatic heterocycles. The van der Waals surface area contributed by atoms with Crippen molar-refractivity contribution >= 4 is 21.6 Å². The highest BCUT2D eigenvalue weighted by Crippen LogP contribution is 2.25. The lowest BCUT2D eigenvalue weighted by atomic mass is 9.90. The third-order valence-corrected chi connectivity index (χ3v) is 7.78. The van der Waals surface area contributed by atoms with Gasteiger partial charge in [-0.3, -0.25) is 9.10 Å². The molecule has 3 aromatic rings. The van der Waals surface area contributed by atoms with Crippen LogP contribution in [-0.2, 0) is 21.2 Å². The molecule has 1 heterocycles. The van der Waals surface area contributed by atoms with E-state index in [2.05, 4.69) is 24.3 Å². The molecule has 1 aliphatic heterocycles. The van der Waals surface area contributed by atoms with Crippen molar-refractivity contribution in [2.75, 3.05) is 23.9 Å². The van der Waals surface area contributed by atoms with Gasteiger partial charge in [-0.25, -0.2) is 8.42 Å². The molecule has 166 valence electrons. The monoisotopic (exact) mass is 448 g/mol. The first-order chi connectivity index (χ1) is 15.5. The van der Waals surface area contributed by atoms with Gasteiger partial charge in [0.2, 0.25) is 5.91 Å². The Morgan fingerprint density at radius 2 is 1.34 bits per heavy atom. The Hall–Kier alpha value is -3.12. The van der Waals surface area contributed by atoms with Gasteiger partial charge in [0, 0.05) is 13.1 Å². The number of hydrogen-bond acceptors (Lipinski definition) is 3. The van der Waals surface area contributed by atoms with Crippen LogP contribution >= 0.6 is 0 Å². The second-order valence-electron chi connectivity index (χ2n) is 8.17. The van der Waals surface area contributed by atoms with Gasteiger partial charge in [0.05, 0.1) is 10.6 Å². The highest BCUT2D eigenvalue weighted by molar-refractivity contribution is 7.92. The molecule has 1 fully saturated rings. The van der Waals surface area contributed by atoms with Crippen LogP contribution in [0.5, 0.6) is 0 Å². The van der Waals surface area contributed by atoms with Crippen molar-refractivity contribution in [3.05, 3.63) is 96.6 Å². The fraction of sp³-hybridized carbons (Fsp3) is 0.269. The lowest BCUT2D eigenvalue weighted by Crippen LogP contribution is -2.46. The Bertz CT molecular complexity index is 1110. The molecule has 0 radical (unpaired) electrons. The molecule has 32 heavy (non-hydrogen) atoms. The lowest BCUT2D eigenvalue weighted by molar-refractivity contribution is -0.130. The average Bonchev–Trinajstić information content (AvgIpc) is 2.84. The first kappa shape index (κ1) is 22.1. The number of para-hydroxylation sites is 1. The Morgan fingerprint density at radius 1 is 0.812 bits per heavy atom. The summed E-state index contributed by atoms with van der Waals surface area (Å²) in [7, 11) is -3.85. The number of sulfonamides is 1. The van der Waals surface area contributed by atoms with Crippen molar-refractivity contribution in [1.82, 2.24) is 4.90 Å². The van der Waals surface area contributed by atoms with Crippen molar-refractivity contribution in [3.8, 4) is 0 Å². The minimum Gasteiger partial charge on any atom is -0.341 e. The standard InChI is InChI=1S/C26H28N2O3S/c29-26(27-18-16-23(17-19-27)20-22-10-4-1-5-11-22)21-28(24-12-6-2-7-13-24)32(30,31)25-14-8-3-9-15-25/h1-15,23H,16-21H2. The second-order valence-corrected chi connectivity index (χ2v) is 10.0. The van der Waals surface area contributed by atoms with E-state index in [0.717, 1.165) is 19.3 Å². The Kier molecular flexibility index (Phi) is 6.90. The summed E-state index contributed by atoms with van der Waals surface area (Å²) in [5.74, 6) is 0.381. The highest BCUT2D eigenvalue weighted by Gasteiger charge is 2.30. The van der Waals surface area contributed by atoms with Crippen molar-refractivity contribution in [2.45, 2.75) is 24.2 Å². The molecule has 3 aromatic carbocycles. The third kappa shape index (κ3) is 5.19. The second kappa shape index (κ2) is 10.0. The summed E-state index contributed by atoms with van der Waals surface area (Å²) < 4.78 is 27.9. The summed E-state index contributed by atoms with van der Waals surface area (Å²) in [6.45, 7) is 1.11. The van der Waals surface area contributed by atoms with E-state index in [1.807, 2.05) is 12.1 Å². The Morgan fingerprint density at radius 3 is 1.94 bits per heavy atom. The van der Waals surface area contributed by atoms with E-state index < -0.39 is 10.0 Å². The molecule has 6 heteroatoms. The van der Waals surface area contributed by atoms with Crippen LogP contribution in [0.25, 0.3) is 0 Å². The van der Waals surface area contributed by atoms with Crippen LogP contribution < -0.4 is 4.31 Å². The number of carbonyl (C=O) groups is 1. The van der Waals surface area contributed by atoms with E-state index >= 15 is 0 Å². The van der Waals surface area contributed by atoms with Crippen LogP contribution in [0.3, 0.4) is 0 Å². The van der Waals surface area contributed by atoms with E-state index in [1.54, 1.807) is 59.5 Å². The zero-order valence-corrected chi connectivity index (χ0v) is 18.8. The SMILES string of the molecule is O=C(CN(c1ccccc1)S(=O)(=O)c1ccccc1)N1CCC(Cc2ccccc2)CC1. The zero-order chi connectivity index (χ0) is 22.4. The molecule has 5 nitrogen and oxygen atoms in total. The topological polar surface area (TPSA) is 57.7 Å². The van der Waals surface area contributed by atoms with E-state index in [4.69, 9.17) is 0 Å². The predicted molar refractivity (Wildman–Crippen MR) is 127 cm³/mol. The van der Waals surface area contributed by atoms with Crippen LogP contribution in [0.2, 0.25) is 0 Å². The lowest BCUT2D eigenvalue weighted by Gasteiger charge is -2.34. The Balaban J connectivity index is 1.45. The molecule has 0 bridgehead atoms. The zero-order valence-electron chi connectivity index (χ0n) is 18.0. The molecule has 0 unspecified atom stereocenters. The maximum atomic E-state index is 13.4. The summed E-state index contributed by atoms with van der Waals surface area (Å²) in [6.07, 6.45) is 2.87. The van der Waals surface area contributed by atoms with Gasteiger partial charge in [0.1, 0.15) is 6.54 Å². The molecular formula is C26H28N2O3S. The number of likely N-dealkylation sites (tertiary alicyclic amines) is 1. The number of hydrogen-bond donors (Lipinski definition) is 0. The number of amides is 1. The maximum Gasteiger partial charge on any atom is 0.264 e. The van der Waals surface area contributed by atoms with E-state index in [9.17, 15) is 13.2 Å². The molecule has 4 rings (SSSR count). The number of benzene rings is 3. The van der Waals surface area contributed by atoms with E-state index in [0.29, 0.717) is 24.7 Å². The van der Waals surface area contributed by atoms with E-state index in [1.165, 1.54) is 9.87 Å². The highest BCUT2D eigenvalue weighted by atomic mass is 32.2. The van der Waals surface area contributed by atoms with Crippen LogP contribution in [0.15, 0.2) is 95.9 Å². The van der Waals surface area contributed by atoms with Gasteiger partial charge in [-0.05, 0) is 55.0 Å². The fourth-order valence-corrected chi connectivity index (χ4v) is 5.62. The van der Waals surface area contributed by atoms with Crippen molar-refractivity contribution in [1.29, 1.82) is 0 Å². The fourth-order valence-electron chi connectivity index (χ4n) is 4.19. The van der Waals surface area contributed by atoms with Crippen molar-refractivity contribution < 1.29 is 13.2 Å². The maximum absolute atomic E-state index is 13.4. The van der Waals surface area contributed by atoms with Gasteiger partial charge in [-0.15, -0.1) is 0 Å². The molecule has 0 aliphatic carbocycles. The quantitative estimate of drug-likeness (QED) is 0.540. The Labute approximate surface area is 190 Å². The molecule has 0 atom stereocenters. The van der Waals surface area contributed by atoms with Crippen LogP contribution in [-0.4, -0.2) is 38.9 Å². The van der Waals surface area contributed by atoms with Gasteiger partial charge >= 0.3 is 0 Å². The normalized spacial score (nSPS) is 14.8. The smallest absolute Gasteiger partial charge is 0.264 e. The summed E-state index contributed by atoms with van der Waals surface area (Å²) >= 11 is 0. The average molecular weight is 449 g/mol. The largest absolute Gasteiger partial charge is 0.341 e. The summed E-state index contributed by atoms with van der Waals surface area (Å²) in [5.41, 5.74) is 1.81. The first-order valence-corrected chi connectivity index (χ1v) is 12.4. The van der Waals surface area contributed by atoms with Crippen LogP contribution in [0.1, 0.15) is 18.4 Å². The molecule has 0 saturated carbocycles. The van der Waals surface area contributed by atoms with Gasteiger partial charge in [-0.1, -0.05) is 66.7 Å². The number of piperidine rings is 1. The molecule has 1 amide bonds. The molecular weight excluding hydrogens is 420 g/mol. The van der Waals surface area contributed by atoms with Gasteiger partial charge < -0.3 is 4.90 Å². The van der Waals surface area contributed by atoms with Gasteiger partial charge in [-0.2, -0.15) is 0 Å². The number of carbonyl (C=O) groups excluding carboxylic acids is 1. The van der Waals surface area contributed by atoms with Crippen molar-refractivity contribution in [3.63, 3.8) is 0 Å². The summed E-state index contributed by atoms with van der Waals surface area (Å²) in [6, 6.07) is 27.5. The van der Waals surface area contributed by atoms with E-state index in [-0.39, 0.29) is 17.3 Å². The molecule has 1 aliphatic rings. The molecule has 0 spiro atoms. The minimum atomic E-state index is -3.85. The minimum absolute atomic E-state index is 0.161. The van der Waals surface area contributed by atoms with Crippen LogP contribution in [0.4, 0.5) is 5.69 Å².